The Balaban J connectivity index is 1.67. The summed E-state index contributed by atoms with van der Waals surface area (Å²) in [6, 6.07) is 21.9. The molecule has 3 amide bonds. The number of amides is 3. The highest BCUT2D eigenvalue weighted by atomic mass is 35.5. The molecule has 216 valence electrons. The molecule has 1 aromatic heterocycles. The molecule has 1 atom stereocenters. The molecule has 0 spiro atoms. The van der Waals surface area contributed by atoms with Crippen LogP contribution in [-0.2, 0) is 6.54 Å². The molecule has 4 aromatic rings. The van der Waals surface area contributed by atoms with Crippen molar-refractivity contribution in [3.05, 3.63) is 111 Å². The normalized spacial score (nSPS) is 14.3. The molecule has 1 aliphatic heterocycles. The van der Waals surface area contributed by atoms with Crippen molar-refractivity contribution in [1.29, 1.82) is 0 Å². The van der Waals surface area contributed by atoms with Crippen LogP contribution in [0.15, 0.2) is 72.8 Å². The number of halogens is 2. The van der Waals surface area contributed by atoms with Crippen molar-refractivity contribution in [1.82, 2.24) is 25.3 Å². The SMILES string of the molecule is CCNC(=O)N1C/C(=C\c2ccc(OC)cc2)c2c(c(C(=O)N[C@H](C)c3ccccc3)nn2-c2ccc(Cl)cc2Cl)C1. The van der Waals surface area contributed by atoms with E-state index in [4.69, 9.17) is 33.0 Å². The largest absolute Gasteiger partial charge is 0.497 e. The molecule has 0 fully saturated rings. The quantitative estimate of drug-likeness (QED) is 0.244. The average Bonchev–Trinajstić information content (AvgIpc) is 3.38. The number of carbonyl (C=O) groups is 2. The summed E-state index contributed by atoms with van der Waals surface area (Å²) in [6.07, 6.45) is 1.99. The Morgan fingerprint density at radius 1 is 1.05 bits per heavy atom. The van der Waals surface area contributed by atoms with Gasteiger partial charge in [0, 0.05) is 23.7 Å². The number of hydrogen-bond donors (Lipinski definition) is 2. The second-order valence-electron chi connectivity index (χ2n) is 9.92. The van der Waals surface area contributed by atoms with Gasteiger partial charge in [-0.1, -0.05) is 65.7 Å². The lowest BCUT2D eigenvalue weighted by Crippen LogP contribution is -2.42. The van der Waals surface area contributed by atoms with Crippen LogP contribution in [0.1, 0.15) is 52.8 Å². The predicted octanol–water partition coefficient (Wildman–Crippen LogP) is 6.76. The summed E-state index contributed by atoms with van der Waals surface area (Å²) >= 11 is 12.9. The van der Waals surface area contributed by atoms with Crippen LogP contribution in [0.3, 0.4) is 0 Å². The molecule has 0 aliphatic carbocycles. The van der Waals surface area contributed by atoms with Crippen LogP contribution in [-0.4, -0.2) is 46.8 Å². The summed E-state index contributed by atoms with van der Waals surface area (Å²) in [4.78, 5) is 28.6. The molecule has 3 aromatic carbocycles. The van der Waals surface area contributed by atoms with Gasteiger partial charge in [0.25, 0.3) is 5.91 Å². The third-order valence-corrected chi connectivity index (χ3v) is 7.61. The third kappa shape index (κ3) is 6.15. The van der Waals surface area contributed by atoms with E-state index in [2.05, 4.69) is 10.6 Å². The molecule has 2 N–H and O–H groups in total. The lowest BCUT2D eigenvalue weighted by molar-refractivity contribution is 0.0932. The van der Waals surface area contributed by atoms with Gasteiger partial charge in [-0.25, -0.2) is 9.48 Å². The molecule has 5 rings (SSSR count). The number of urea groups is 1. The number of methoxy groups -OCH3 is 1. The summed E-state index contributed by atoms with van der Waals surface area (Å²) in [5, 5.41) is 11.6. The van der Waals surface area contributed by atoms with Crippen molar-refractivity contribution >= 4 is 46.8 Å². The van der Waals surface area contributed by atoms with Crippen molar-refractivity contribution in [3.63, 3.8) is 0 Å². The molecule has 1 aliphatic rings. The zero-order valence-electron chi connectivity index (χ0n) is 23.5. The molecular weight excluding hydrogens is 573 g/mol. The van der Waals surface area contributed by atoms with Crippen molar-refractivity contribution in [3.8, 4) is 11.4 Å². The smallest absolute Gasteiger partial charge is 0.317 e. The van der Waals surface area contributed by atoms with Crippen LogP contribution in [0.2, 0.25) is 10.0 Å². The van der Waals surface area contributed by atoms with Crippen LogP contribution >= 0.6 is 23.2 Å². The lowest BCUT2D eigenvalue weighted by atomic mass is 9.97. The summed E-state index contributed by atoms with van der Waals surface area (Å²) in [5.41, 5.74) is 4.76. The predicted molar refractivity (Wildman–Crippen MR) is 166 cm³/mol. The van der Waals surface area contributed by atoms with Gasteiger partial charge in [-0.3, -0.25) is 4.79 Å². The zero-order valence-corrected chi connectivity index (χ0v) is 25.0. The molecule has 2 heterocycles. The first-order valence-electron chi connectivity index (χ1n) is 13.6. The van der Waals surface area contributed by atoms with Crippen LogP contribution in [0.25, 0.3) is 17.3 Å². The van der Waals surface area contributed by atoms with Crippen molar-refractivity contribution in [2.24, 2.45) is 0 Å². The minimum atomic E-state index is -0.354. The maximum absolute atomic E-state index is 13.8. The van der Waals surface area contributed by atoms with Crippen LogP contribution in [0.4, 0.5) is 4.79 Å². The Kier molecular flexibility index (Phi) is 8.85. The number of hydrogen-bond acceptors (Lipinski definition) is 4. The molecule has 0 radical (unpaired) electrons. The Labute approximate surface area is 254 Å². The van der Waals surface area contributed by atoms with Gasteiger partial charge in [0.1, 0.15) is 5.75 Å². The number of rotatable bonds is 7. The number of ether oxygens (including phenoxy) is 1. The Hall–Kier alpha value is -4.27. The highest BCUT2D eigenvalue weighted by molar-refractivity contribution is 6.35. The Morgan fingerprint density at radius 3 is 2.45 bits per heavy atom. The zero-order chi connectivity index (χ0) is 29.8. The molecule has 42 heavy (non-hydrogen) atoms. The summed E-state index contributed by atoms with van der Waals surface area (Å²) in [6.45, 7) is 4.74. The summed E-state index contributed by atoms with van der Waals surface area (Å²) in [5.74, 6) is 0.378. The van der Waals surface area contributed by atoms with Crippen LogP contribution < -0.4 is 15.4 Å². The molecular formula is C32H31Cl2N5O3. The fourth-order valence-corrected chi connectivity index (χ4v) is 5.47. The van der Waals surface area contributed by atoms with E-state index >= 15 is 0 Å². The van der Waals surface area contributed by atoms with E-state index in [0.29, 0.717) is 40.1 Å². The van der Waals surface area contributed by atoms with Gasteiger partial charge >= 0.3 is 6.03 Å². The van der Waals surface area contributed by atoms with Crippen molar-refractivity contribution < 1.29 is 14.3 Å². The van der Waals surface area contributed by atoms with Gasteiger partial charge in [0.2, 0.25) is 0 Å². The number of nitrogens with one attached hydrogen (secondary N) is 2. The number of aromatic nitrogens is 2. The average molecular weight is 605 g/mol. The molecule has 0 saturated carbocycles. The van der Waals surface area contributed by atoms with Gasteiger partial charge in [-0.2, -0.15) is 5.10 Å². The molecule has 8 nitrogen and oxygen atoms in total. The lowest BCUT2D eigenvalue weighted by Gasteiger charge is -2.30. The number of nitrogens with zero attached hydrogens (tertiary/aromatic N) is 3. The number of benzene rings is 3. The Bertz CT molecular complexity index is 1630. The molecule has 0 saturated heterocycles. The first kappa shape index (κ1) is 29.2. The standard InChI is InChI=1S/C32H31Cl2N5O3/c1-4-35-32(41)38-18-23(16-21-10-13-25(42-3)14-11-21)30-26(19-38)29(31(40)36-20(2)22-8-6-5-7-9-22)37-39(30)28-15-12-24(33)17-27(28)34/h5-17,20H,4,18-19H2,1-3H3,(H,35,41)(H,36,40)/b23-16+/t20-/m1/s1. The van der Waals surface area contributed by atoms with E-state index in [1.165, 1.54) is 0 Å². The van der Waals surface area contributed by atoms with Gasteiger partial charge in [0.15, 0.2) is 5.69 Å². The minimum Gasteiger partial charge on any atom is -0.497 e. The molecule has 0 bridgehead atoms. The van der Waals surface area contributed by atoms with E-state index in [1.54, 1.807) is 34.9 Å². The van der Waals surface area contributed by atoms with E-state index < -0.39 is 0 Å². The molecule has 10 heteroatoms. The summed E-state index contributed by atoms with van der Waals surface area (Å²) < 4.78 is 7.00. The third-order valence-electron chi connectivity index (χ3n) is 7.07. The Morgan fingerprint density at radius 2 is 1.79 bits per heavy atom. The fourth-order valence-electron chi connectivity index (χ4n) is 4.98. The van der Waals surface area contributed by atoms with E-state index in [-0.39, 0.29) is 30.2 Å². The molecule has 0 unspecified atom stereocenters. The van der Waals surface area contributed by atoms with Gasteiger partial charge in [-0.15, -0.1) is 0 Å². The van der Waals surface area contributed by atoms with Gasteiger partial charge < -0.3 is 20.3 Å². The first-order valence-corrected chi connectivity index (χ1v) is 14.4. The minimum absolute atomic E-state index is 0.189. The first-order chi connectivity index (χ1) is 20.3. The van der Waals surface area contributed by atoms with E-state index in [0.717, 1.165) is 22.4 Å². The van der Waals surface area contributed by atoms with Crippen molar-refractivity contribution in [2.75, 3.05) is 20.2 Å². The van der Waals surface area contributed by atoms with Crippen LogP contribution in [0.5, 0.6) is 5.75 Å². The highest BCUT2D eigenvalue weighted by Gasteiger charge is 2.34. The maximum atomic E-state index is 13.8. The monoisotopic (exact) mass is 603 g/mol. The van der Waals surface area contributed by atoms with E-state index in [1.807, 2.05) is 74.5 Å². The number of fused-ring (bicyclic) bond motifs is 1. The van der Waals surface area contributed by atoms with Gasteiger partial charge in [0.05, 0.1) is 36.1 Å². The second kappa shape index (κ2) is 12.7. The number of carbonyl (C=O) groups excluding carboxylic acids is 2. The van der Waals surface area contributed by atoms with E-state index in [9.17, 15) is 9.59 Å². The second-order valence-corrected chi connectivity index (χ2v) is 10.8. The van der Waals surface area contributed by atoms with Crippen molar-refractivity contribution in [2.45, 2.75) is 26.4 Å². The van der Waals surface area contributed by atoms with Gasteiger partial charge in [-0.05, 0) is 67.0 Å². The topological polar surface area (TPSA) is 88.5 Å². The maximum Gasteiger partial charge on any atom is 0.317 e. The fraction of sp³-hybridized carbons (Fsp3) is 0.219. The highest BCUT2D eigenvalue weighted by Crippen LogP contribution is 2.36. The summed E-state index contributed by atoms with van der Waals surface area (Å²) in [7, 11) is 1.62. The van der Waals surface area contributed by atoms with Crippen LogP contribution in [0, 0.1) is 0 Å².